The Morgan fingerprint density at radius 2 is 1.65 bits per heavy atom. The molecular weight excluding hydrogens is 462 g/mol. The van der Waals surface area contributed by atoms with Crippen molar-refractivity contribution in [3.8, 4) is 0 Å². The van der Waals surface area contributed by atoms with Crippen molar-refractivity contribution in [1.82, 2.24) is 9.97 Å². The number of hydrogen-bond acceptors (Lipinski definition) is 3. The lowest BCUT2D eigenvalue weighted by Gasteiger charge is -2.37. The van der Waals surface area contributed by atoms with Gasteiger partial charge in [-0.3, -0.25) is 0 Å². The molecule has 0 bridgehead atoms. The van der Waals surface area contributed by atoms with Gasteiger partial charge in [0.05, 0.1) is 24.3 Å². The van der Waals surface area contributed by atoms with E-state index in [1.54, 1.807) is 12.4 Å². The molecule has 2 aromatic carbocycles. The fourth-order valence-electron chi connectivity index (χ4n) is 4.24. The molecule has 0 spiro atoms. The van der Waals surface area contributed by atoms with Crippen LogP contribution in [0.2, 0.25) is 0 Å². The lowest BCUT2D eigenvalue weighted by molar-refractivity contribution is -0.179. The van der Waals surface area contributed by atoms with Crippen LogP contribution in [0.4, 0.5) is 26.3 Å². The highest BCUT2D eigenvalue weighted by Gasteiger charge is 2.39. The van der Waals surface area contributed by atoms with E-state index in [-0.39, 0.29) is 36.5 Å². The molecule has 1 aromatic heterocycles. The molecule has 0 saturated carbocycles. The van der Waals surface area contributed by atoms with Crippen LogP contribution in [0.25, 0.3) is 0 Å². The van der Waals surface area contributed by atoms with Crippen LogP contribution in [0.5, 0.6) is 0 Å². The van der Waals surface area contributed by atoms with Gasteiger partial charge in [0.15, 0.2) is 6.29 Å². The lowest BCUT2D eigenvalue weighted by atomic mass is 9.81. The maximum atomic E-state index is 13.1. The molecule has 4 nitrogen and oxygen atoms in total. The molecule has 10 heteroatoms. The summed E-state index contributed by atoms with van der Waals surface area (Å²) in [6.07, 6.45) is -6.62. The van der Waals surface area contributed by atoms with Gasteiger partial charge in [-0.15, -0.1) is 0 Å². The molecule has 1 N–H and O–H groups in total. The van der Waals surface area contributed by atoms with E-state index >= 15 is 0 Å². The standard InChI is InChI=1S/C24H22F6N2O2/c25-23(26,27)17-12-15(13-18(14-17)24(28,29)30)6-10-33-22-20(16-4-2-1-3-5-16)19(7-11-34-22)21-31-8-9-32-21/h1-5,8-9,12-14,19-20,22H,6-7,10-11H2,(H,31,32)/t19-,20+,22?/m1/s1. The fraction of sp³-hybridized carbons (Fsp3) is 0.375. The smallest absolute Gasteiger partial charge is 0.352 e. The second-order valence-electron chi connectivity index (χ2n) is 8.08. The van der Waals surface area contributed by atoms with Crippen LogP contribution >= 0.6 is 0 Å². The lowest BCUT2D eigenvalue weighted by Crippen LogP contribution is -2.36. The van der Waals surface area contributed by atoms with E-state index in [0.29, 0.717) is 13.0 Å². The minimum absolute atomic E-state index is 0.0541. The number of rotatable bonds is 6. The monoisotopic (exact) mass is 484 g/mol. The first-order valence-electron chi connectivity index (χ1n) is 10.7. The van der Waals surface area contributed by atoms with Gasteiger partial charge in [-0.1, -0.05) is 30.3 Å². The molecule has 34 heavy (non-hydrogen) atoms. The van der Waals surface area contributed by atoms with Crippen molar-refractivity contribution in [2.45, 2.75) is 43.3 Å². The second kappa shape index (κ2) is 9.79. The summed E-state index contributed by atoms with van der Waals surface area (Å²) in [5.41, 5.74) is -1.86. The Balaban J connectivity index is 1.53. The first-order valence-corrected chi connectivity index (χ1v) is 10.7. The normalized spacial score (nSPS) is 21.5. The Kier molecular flexibility index (Phi) is 6.99. The van der Waals surface area contributed by atoms with Crippen molar-refractivity contribution in [1.29, 1.82) is 0 Å². The topological polar surface area (TPSA) is 47.1 Å². The van der Waals surface area contributed by atoms with E-state index in [0.717, 1.165) is 23.5 Å². The molecule has 2 heterocycles. The number of aromatic amines is 1. The predicted octanol–water partition coefficient (Wildman–Crippen LogP) is 6.32. The molecule has 1 saturated heterocycles. The third-order valence-electron chi connectivity index (χ3n) is 5.81. The molecule has 1 aliphatic rings. The molecule has 1 unspecified atom stereocenters. The van der Waals surface area contributed by atoms with Gasteiger partial charge < -0.3 is 14.5 Å². The summed E-state index contributed by atoms with van der Waals surface area (Å²) < 4.78 is 90.6. The summed E-state index contributed by atoms with van der Waals surface area (Å²) in [7, 11) is 0. The van der Waals surface area contributed by atoms with Gasteiger partial charge in [0.1, 0.15) is 5.82 Å². The Bertz CT molecular complexity index is 1040. The fourth-order valence-corrected chi connectivity index (χ4v) is 4.24. The zero-order chi connectivity index (χ0) is 24.3. The van der Waals surface area contributed by atoms with E-state index < -0.39 is 29.8 Å². The third-order valence-corrected chi connectivity index (χ3v) is 5.81. The highest BCUT2D eigenvalue weighted by atomic mass is 19.4. The van der Waals surface area contributed by atoms with Crippen molar-refractivity contribution in [2.24, 2.45) is 0 Å². The van der Waals surface area contributed by atoms with Crippen molar-refractivity contribution >= 4 is 0 Å². The number of aromatic nitrogens is 2. The van der Waals surface area contributed by atoms with Gasteiger partial charge in [0.25, 0.3) is 0 Å². The minimum atomic E-state index is -4.89. The first-order chi connectivity index (χ1) is 16.1. The second-order valence-corrected chi connectivity index (χ2v) is 8.08. The zero-order valence-electron chi connectivity index (χ0n) is 17.9. The van der Waals surface area contributed by atoms with Crippen LogP contribution in [-0.2, 0) is 28.2 Å². The van der Waals surface area contributed by atoms with Gasteiger partial charge in [0.2, 0.25) is 0 Å². The van der Waals surface area contributed by atoms with E-state index in [1.165, 1.54) is 0 Å². The highest BCUT2D eigenvalue weighted by Crippen LogP contribution is 2.42. The average molecular weight is 484 g/mol. The van der Waals surface area contributed by atoms with Crippen molar-refractivity contribution in [3.63, 3.8) is 0 Å². The molecule has 182 valence electrons. The van der Waals surface area contributed by atoms with Crippen LogP contribution < -0.4 is 0 Å². The van der Waals surface area contributed by atoms with Crippen LogP contribution in [0.3, 0.4) is 0 Å². The maximum Gasteiger partial charge on any atom is 0.416 e. The predicted molar refractivity (Wildman–Crippen MR) is 111 cm³/mol. The summed E-state index contributed by atoms with van der Waals surface area (Å²) >= 11 is 0. The number of benzene rings is 2. The Hall–Kier alpha value is -2.85. The van der Waals surface area contributed by atoms with Crippen molar-refractivity contribution in [3.05, 3.63) is 89.0 Å². The van der Waals surface area contributed by atoms with Crippen LogP contribution in [-0.4, -0.2) is 29.5 Å². The van der Waals surface area contributed by atoms with Gasteiger partial charge >= 0.3 is 12.4 Å². The van der Waals surface area contributed by atoms with Gasteiger partial charge in [-0.05, 0) is 42.2 Å². The number of H-pyrrole nitrogens is 1. The number of nitrogens with one attached hydrogen (secondary N) is 1. The van der Waals surface area contributed by atoms with E-state index in [2.05, 4.69) is 9.97 Å². The van der Waals surface area contributed by atoms with Crippen LogP contribution in [0, 0.1) is 0 Å². The Labute approximate surface area is 191 Å². The summed E-state index contributed by atoms with van der Waals surface area (Å²) in [6.45, 7) is 0.263. The summed E-state index contributed by atoms with van der Waals surface area (Å²) in [4.78, 5) is 7.48. The van der Waals surface area contributed by atoms with Crippen molar-refractivity contribution < 1.29 is 35.8 Å². The molecule has 0 radical (unpaired) electrons. The number of imidazole rings is 1. The zero-order valence-corrected chi connectivity index (χ0v) is 17.9. The molecule has 3 aromatic rings. The maximum absolute atomic E-state index is 13.1. The molecular formula is C24H22F6N2O2. The third kappa shape index (κ3) is 5.61. The summed E-state index contributed by atoms with van der Waals surface area (Å²) in [5.74, 6) is 0.452. The van der Waals surface area contributed by atoms with E-state index in [4.69, 9.17) is 9.47 Å². The van der Waals surface area contributed by atoms with Gasteiger partial charge in [-0.2, -0.15) is 26.3 Å². The van der Waals surface area contributed by atoms with Crippen LogP contribution in [0.15, 0.2) is 60.9 Å². The number of alkyl halides is 6. The van der Waals surface area contributed by atoms with Gasteiger partial charge in [0, 0.05) is 24.2 Å². The molecule has 3 atom stereocenters. The van der Waals surface area contributed by atoms with Crippen LogP contribution in [0.1, 0.15) is 46.3 Å². The molecule has 1 aliphatic heterocycles. The van der Waals surface area contributed by atoms with Gasteiger partial charge in [-0.25, -0.2) is 4.98 Å². The largest absolute Gasteiger partial charge is 0.416 e. The number of ether oxygens (including phenoxy) is 2. The Morgan fingerprint density at radius 1 is 0.971 bits per heavy atom. The molecule has 0 amide bonds. The summed E-state index contributed by atoms with van der Waals surface area (Å²) in [6, 6.07) is 11.0. The molecule has 4 rings (SSSR count). The molecule has 1 fully saturated rings. The van der Waals surface area contributed by atoms with Crippen molar-refractivity contribution in [2.75, 3.05) is 13.2 Å². The Morgan fingerprint density at radius 3 is 2.24 bits per heavy atom. The number of halogens is 6. The SMILES string of the molecule is FC(F)(F)c1cc(CCOC2OCC[C@@H](c3ncc[nH]3)[C@@H]2c2ccccc2)cc(C(F)(F)F)c1. The number of nitrogens with zero attached hydrogens (tertiary/aromatic N) is 1. The van der Waals surface area contributed by atoms with E-state index in [9.17, 15) is 26.3 Å². The van der Waals surface area contributed by atoms with E-state index in [1.807, 2.05) is 30.3 Å². The first kappa shape index (κ1) is 24.3. The summed E-state index contributed by atoms with van der Waals surface area (Å²) in [5, 5.41) is 0. The minimum Gasteiger partial charge on any atom is -0.352 e. The quantitative estimate of drug-likeness (QED) is 0.417. The number of hydrogen-bond donors (Lipinski definition) is 1. The highest BCUT2D eigenvalue weighted by molar-refractivity contribution is 5.34. The molecule has 0 aliphatic carbocycles. The average Bonchev–Trinajstić information content (AvgIpc) is 3.33.